The highest BCUT2D eigenvalue weighted by atomic mass is 16.6. The smallest absolute Gasteiger partial charge is 0.338 e. The summed E-state index contributed by atoms with van der Waals surface area (Å²) in [6, 6.07) is 19.2. The molecule has 7 heteroatoms. The van der Waals surface area contributed by atoms with Gasteiger partial charge in [0, 0.05) is 18.4 Å². The molecular formula is C26H26N2O5. The van der Waals surface area contributed by atoms with Crippen molar-refractivity contribution in [3.05, 3.63) is 89.1 Å². The number of ether oxygens (including phenoxy) is 2. The van der Waals surface area contributed by atoms with E-state index in [0.29, 0.717) is 17.8 Å². The summed E-state index contributed by atoms with van der Waals surface area (Å²) in [6.45, 7) is 2.35. The third-order valence-electron chi connectivity index (χ3n) is 5.76. The number of fused-ring (bicyclic) bond motifs is 1. The Kier molecular flexibility index (Phi) is 6.60. The van der Waals surface area contributed by atoms with Gasteiger partial charge in [0.05, 0.1) is 24.8 Å². The summed E-state index contributed by atoms with van der Waals surface area (Å²) >= 11 is 0. The molecule has 0 saturated carbocycles. The highest BCUT2D eigenvalue weighted by Gasteiger charge is 2.38. The predicted octanol–water partition coefficient (Wildman–Crippen LogP) is 4.28. The van der Waals surface area contributed by atoms with Crippen molar-refractivity contribution in [2.45, 2.75) is 19.5 Å². The van der Waals surface area contributed by atoms with Gasteiger partial charge in [-0.2, -0.15) is 0 Å². The number of methoxy groups -OCH3 is 1. The number of hydrogen-bond acceptors (Lipinski definition) is 5. The van der Waals surface area contributed by atoms with E-state index >= 15 is 0 Å². The molecule has 1 atom stereocenters. The van der Waals surface area contributed by atoms with Gasteiger partial charge in [-0.1, -0.05) is 60.7 Å². The minimum atomic E-state index is -0.870. The number of hydrogen-bond donors (Lipinski definition) is 2. The second-order valence-electron chi connectivity index (χ2n) is 7.80. The van der Waals surface area contributed by atoms with Crippen LogP contribution in [0.2, 0.25) is 0 Å². The van der Waals surface area contributed by atoms with Gasteiger partial charge in [0.15, 0.2) is 0 Å². The number of urea groups is 1. The Morgan fingerprint density at radius 3 is 2.52 bits per heavy atom. The van der Waals surface area contributed by atoms with E-state index in [-0.39, 0.29) is 30.6 Å². The molecule has 7 nitrogen and oxygen atoms in total. The average Bonchev–Trinajstić information content (AvgIpc) is 2.82. The molecule has 1 aliphatic heterocycles. The molecule has 33 heavy (non-hydrogen) atoms. The quantitative estimate of drug-likeness (QED) is 0.418. The summed E-state index contributed by atoms with van der Waals surface area (Å²) in [5, 5.41) is 15.3. The molecule has 2 amide bonds. The van der Waals surface area contributed by atoms with E-state index in [1.165, 1.54) is 12.0 Å². The minimum absolute atomic E-state index is 0.00880. The molecule has 170 valence electrons. The Morgan fingerprint density at radius 1 is 1.03 bits per heavy atom. The van der Waals surface area contributed by atoms with E-state index in [4.69, 9.17) is 9.47 Å². The molecule has 0 bridgehead atoms. The molecule has 1 unspecified atom stereocenters. The third kappa shape index (κ3) is 4.54. The van der Waals surface area contributed by atoms with Gasteiger partial charge in [0.1, 0.15) is 12.4 Å². The van der Waals surface area contributed by atoms with Gasteiger partial charge in [-0.3, -0.25) is 4.90 Å². The number of nitrogens with zero attached hydrogens (tertiary/aromatic N) is 1. The first kappa shape index (κ1) is 22.4. The molecule has 0 saturated heterocycles. The maximum Gasteiger partial charge on any atom is 0.338 e. The van der Waals surface area contributed by atoms with Gasteiger partial charge in [-0.15, -0.1) is 0 Å². The Hall–Kier alpha value is -3.84. The molecule has 1 heterocycles. The topological polar surface area (TPSA) is 88.1 Å². The van der Waals surface area contributed by atoms with Crippen molar-refractivity contribution in [1.29, 1.82) is 0 Å². The first-order chi connectivity index (χ1) is 16.0. The molecule has 3 aromatic rings. The number of nitrogens with one attached hydrogen (secondary N) is 1. The zero-order valence-corrected chi connectivity index (χ0v) is 18.6. The Bertz CT molecular complexity index is 1210. The van der Waals surface area contributed by atoms with Crippen LogP contribution >= 0.6 is 0 Å². The monoisotopic (exact) mass is 446 g/mol. The summed E-state index contributed by atoms with van der Waals surface area (Å²) < 4.78 is 10.4. The van der Waals surface area contributed by atoms with E-state index in [1.54, 1.807) is 19.1 Å². The fourth-order valence-corrected chi connectivity index (χ4v) is 4.10. The molecule has 2 N–H and O–H groups in total. The summed E-state index contributed by atoms with van der Waals surface area (Å²) in [5.74, 6) is -0.578. The number of phenols is 1. The number of rotatable bonds is 7. The third-order valence-corrected chi connectivity index (χ3v) is 5.76. The number of carbonyl (C=O) groups excluding carboxylic acids is 2. The van der Waals surface area contributed by atoms with E-state index in [2.05, 4.69) is 5.32 Å². The van der Waals surface area contributed by atoms with Crippen LogP contribution in [0.25, 0.3) is 10.8 Å². The maximum absolute atomic E-state index is 13.2. The molecule has 1 aliphatic rings. The van der Waals surface area contributed by atoms with E-state index < -0.39 is 12.0 Å². The summed E-state index contributed by atoms with van der Waals surface area (Å²) in [6.07, 6.45) is 0. The van der Waals surface area contributed by atoms with E-state index in [1.807, 2.05) is 54.6 Å². The van der Waals surface area contributed by atoms with Crippen LogP contribution in [-0.4, -0.2) is 42.3 Å². The number of aromatic hydroxyl groups is 1. The standard InChI is InChI=1S/C26H26N2O5/c1-17-22(25(30)33-15-14-32-2)24(23-20-11-7-6-10-19(20)12-13-21(23)29)27-26(31)28(17)16-18-8-4-3-5-9-18/h3-13,24,29H,14-16H2,1-2H3,(H,27,31). The van der Waals surface area contributed by atoms with Crippen LogP contribution < -0.4 is 5.32 Å². The number of carbonyl (C=O) groups is 2. The predicted molar refractivity (Wildman–Crippen MR) is 124 cm³/mol. The van der Waals surface area contributed by atoms with Crippen LogP contribution in [0.5, 0.6) is 5.75 Å². The van der Waals surface area contributed by atoms with Crippen molar-refractivity contribution in [3.63, 3.8) is 0 Å². The molecule has 4 rings (SSSR count). The van der Waals surface area contributed by atoms with Gasteiger partial charge in [-0.25, -0.2) is 9.59 Å². The zero-order valence-electron chi connectivity index (χ0n) is 18.6. The normalized spacial score (nSPS) is 16.1. The largest absolute Gasteiger partial charge is 0.508 e. The van der Waals surface area contributed by atoms with Crippen LogP contribution in [0.15, 0.2) is 78.0 Å². The lowest BCUT2D eigenvalue weighted by Gasteiger charge is -2.36. The Labute approximate surface area is 192 Å². The fraction of sp³-hybridized carbons (Fsp3) is 0.231. The van der Waals surface area contributed by atoms with Gasteiger partial charge >= 0.3 is 12.0 Å². The number of amides is 2. The molecular weight excluding hydrogens is 420 g/mol. The van der Waals surface area contributed by atoms with Crippen LogP contribution in [0.3, 0.4) is 0 Å². The van der Waals surface area contributed by atoms with Crippen molar-refractivity contribution in [2.75, 3.05) is 20.3 Å². The van der Waals surface area contributed by atoms with Gasteiger partial charge < -0.3 is 19.9 Å². The molecule has 0 radical (unpaired) electrons. The zero-order chi connectivity index (χ0) is 23.4. The number of allylic oxidation sites excluding steroid dienone is 1. The van der Waals surface area contributed by atoms with Crippen molar-refractivity contribution < 1.29 is 24.2 Å². The van der Waals surface area contributed by atoms with Gasteiger partial charge in [0.25, 0.3) is 0 Å². The summed E-state index contributed by atoms with van der Waals surface area (Å²) in [5.41, 5.74) is 2.13. The van der Waals surface area contributed by atoms with E-state index in [9.17, 15) is 14.7 Å². The molecule has 0 fully saturated rings. The highest BCUT2D eigenvalue weighted by molar-refractivity contribution is 5.98. The summed E-state index contributed by atoms with van der Waals surface area (Å²) in [7, 11) is 1.53. The molecule has 0 aromatic heterocycles. The molecule has 3 aromatic carbocycles. The van der Waals surface area contributed by atoms with Crippen molar-refractivity contribution >= 4 is 22.8 Å². The number of phenolic OH excluding ortho intramolecular Hbond substituents is 1. The SMILES string of the molecule is COCCOC(=O)C1=C(C)N(Cc2ccccc2)C(=O)NC1c1c(O)ccc2ccccc12. The highest BCUT2D eigenvalue weighted by Crippen LogP contribution is 2.40. The Balaban J connectivity index is 1.82. The van der Waals surface area contributed by atoms with Crippen molar-refractivity contribution in [3.8, 4) is 5.75 Å². The lowest BCUT2D eigenvalue weighted by atomic mass is 9.90. The Morgan fingerprint density at radius 2 is 1.76 bits per heavy atom. The maximum atomic E-state index is 13.2. The fourth-order valence-electron chi connectivity index (χ4n) is 4.10. The van der Waals surface area contributed by atoms with Gasteiger partial charge in [0.2, 0.25) is 0 Å². The van der Waals surface area contributed by atoms with Gasteiger partial charge in [-0.05, 0) is 29.3 Å². The van der Waals surface area contributed by atoms with Crippen molar-refractivity contribution in [1.82, 2.24) is 10.2 Å². The van der Waals surface area contributed by atoms with Crippen LogP contribution in [-0.2, 0) is 20.8 Å². The second kappa shape index (κ2) is 9.75. The minimum Gasteiger partial charge on any atom is -0.508 e. The lowest BCUT2D eigenvalue weighted by Crippen LogP contribution is -2.47. The first-order valence-corrected chi connectivity index (χ1v) is 10.7. The number of benzene rings is 3. The van der Waals surface area contributed by atoms with Crippen LogP contribution in [0.4, 0.5) is 4.79 Å². The second-order valence-corrected chi connectivity index (χ2v) is 7.80. The average molecular weight is 447 g/mol. The number of esters is 1. The molecule has 0 spiro atoms. The van der Waals surface area contributed by atoms with E-state index in [0.717, 1.165) is 16.3 Å². The van der Waals surface area contributed by atoms with Crippen LogP contribution in [0.1, 0.15) is 24.1 Å². The van der Waals surface area contributed by atoms with Crippen molar-refractivity contribution in [2.24, 2.45) is 0 Å². The molecule has 0 aliphatic carbocycles. The lowest BCUT2D eigenvalue weighted by molar-refractivity contribution is -0.140. The van der Waals surface area contributed by atoms with Crippen LogP contribution in [0, 0.1) is 0 Å². The summed E-state index contributed by atoms with van der Waals surface area (Å²) in [4.78, 5) is 27.9. The first-order valence-electron chi connectivity index (χ1n) is 10.7.